The summed E-state index contributed by atoms with van der Waals surface area (Å²) in [6.45, 7) is 0. The number of pyridine rings is 1. The molecule has 0 bridgehead atoms. The highest BCUT2D eigenvalue weighted by Crippen LogP contribution is 2.31. The van der Waals surface area contributed by atoms with Crippen LogP contribution in [0.1, 0.15) is 18.1 Å². The minimum absolute atomic E-state index is 0.295. The molecule has 1 aliphatic rings. The Labute approximate surface area is 163 Å². The van der Waals surface area contributed by atoms with Crippen molar-refractivity contribution in [2.75, 3.05) is 0 Å². The second-order valence-corrected chi connectivity index (χ2v) is 6.28. The van der Waals surface area contributed by atoms with E-state index in [1.807, 2.05) is 13.2 Å². The largest absolute Gasteiger partial charge is 0.573 e. The molecular formula is C19H15F3N4O3. The predicted molar refractivity (Wildman–Crippen MR) is 96.1 cm³/mol. The van der Waals surface area contributed by atoms with Gasteiger partial charge in [0.05, 0.1) is 24.5 Å². The highest BCUT2D eigenvalue weighted by Gasteiger charge is 2.31. The summed E-state index contributed by atoms with van der Waals surface area (Å²) in [7, 11) is 1.83. The zero-order chi connectivity index (χ0) is 20.4. The molecule has 0 saturated carbocycles. The summed E-state index contributed by atoms with van der Waals surface area (Å²) >= 11 is 0. The van der Waals surface area contributed by atoms with Crippen molar-refractivity contribution in [3.8, 4) is 22.8 Å². The number of alkyl halides is 3. The van der Waals surface area contributed by atoms with E-state index in [-0.39, 0.29) is 5.75 Å². The van der Waals surface area contributed by atoms with E-state index in [2.05, 4.69) is 20.0 Å². The van der Waals surface area contributed by atoms with E-state index >= 15 is 0 Å². The molecule has 3 heterocycles. The van der Waals surface area contributed by atoms with Gasteiger partial charge in [0.15, 0.2) is 6.10 Å². The van der Waals surface area contributed by atoms with E-state index in [0.29, 0.717) is 23.6 Å². The summed E-state index contributed by atoms with van der Waals surface area (Å²) < 4.78 is 47.9. The highest BCUT2D eigenvalue weighted by molar-refractivity contribution is 5.79. The molecule has 0 saturated heterocycles. The van der Waals surface area contributed by atoms with Gasteiger partial charge in [-0.05, 0) is 29.8 Å². The maximum Gasteiger partial charge on any atom is 0.573 e. The van der Waals surface area contributed by atoms with Gasteiger partial charge in [-0.2, -0.15) is 5.10 Å². The lowest BCUT2D eigenvalue weighted by atomic mass is 10.1. The van der Waals surface area contributed by atoms with Gasteiger partial charge in [-0.25, -0.2) is 0 Å². The van der Waals surface area contributed by atoms with Gasteiger partial charge in [0.25, 0.3) is 0 Å². The summed E-state index contributed by atoms with van der Waals surface area (Å²) in [5, 5.41) is 8.00. The summed E-state index contributed by atoms with van der Waals surface area (Å²) in [6.07, 6.45) is 0.301. The quantitative estimate of drug-likeness (QED) is 0.651. The first-order valence-corrected chi connectivity index (χ1v) is 8.57. The average molecular weight is 404 g/mol. The predicted octanol–water partition coefficient (Wildman–Crippen LogP) is 4.23. The molecule has 0 fully saturated rings. The van der Waals surface area contributed by atoms with Gasteiger partial charge in [0, 0.05) is 18.8 Å². The third-order valence-corrected chi connectivity index (χ3v) is 4.10. The van der Waals surface area contributed by atoms with Crippen LogP contribution >= 0.6 is 0 Å². The number of benzene rings is 1. The third-order valence-electron chi connectivity index (χ3n) is 4.10. The van der Waals surface area contributed by atoms with Crippen LogP contribution in [0.4, 0.5) is 13.2 Å². The molecule has 29 heavy (non-hydrogen) atoms. The monoisotopic (exact) mass is 404 g/mol. The molecule has 0 N–H and O–H groups in total. The Morgan fingerprint density at radius 1 is 1.07 bits per heavy atom. The van der Waals surface area contributed by atoms with Gasteiger partial charge in [-0.3, -0.25) is 9.67 Å². The molecule has 150 valence electrons. The Morgan fingerprint density at radius 2 is 1.83 bits per heavy atom. The van der Waals surface area contributed by atoms with Gasteiger partial charge in [0.1, 0.15) is 11.5 Å². The van der Waals surface area contributed by atoms with Crippen LogP contribution in [-0.4, -0.2) is 27.0 Å². The second-order valence-electron chi connectivity index (χ2n) is 6.28. The van der Waals surface area contributed by atoms with Gasteiger partial charge in [0.2, 0.25) is 5.90 Å². The molecule has 0 radical (unpaired) electrons. The van der Waals surface area contributed by atoms with E-state index in [9.17, 15) is 13.2 Å². The Morgan fingerprint density at radius 3 is 2.45 bits per heavy atom. The van der Waals surface area contributed by atoms with Crippen molar-refractivity contribution in [2.24, 2.45) is 12.2 Å². The van der Waals surface area contributed by atoms with E-state index in [1.165, 1.54) is 24.3 Å². The number of hydrogen-bond acceptors (Lipinski definition) is 6. The molecule has 1 aliphatic heterocycles. The molecule has 7 nitrogen and oxygen atoms in total. The van der Waals surface area contributed by atoms with E-state index < -0.39 is 12.5 Å². The lowest BCUT2D eigenvalue weighted by molar-refractivity contribution is -0.274. The Hall–Kier alpha value is -3.56. The molecule has 0 unspecified atom stereocenters. The van der Waals surface area contributed by atoms with Gasteiger partial charge in [-0.1, -0.05) is 17.3 Å². The van der Waals surface area contributed by atoms with Crippen molar-refractivity contribution in [3.05, 3.63) is 60.6 Å². The zero-order valence-electron chi connectivity index (χ0n) is 15.1. The van der Waals surface area contributed by atoms with Gasteiger partial charge < -0.3 is 14.3 Å². The molecule has 0 aliphatic carbocycles. The van der Waals surface area contributed by atoms with E-state index in [1.54, 1.807) is 29.2 Å². The lowest BCUT2D eigenvalue weighted by Gasteiger charge is -2.11. The normalized spacial score (nSPS) is 16.3. The number of halogens is 3. The number of aryl methyl sites for hydroxylation is 1. The van der Waals surface area contributed by atoms with Crippen LogP contribution in [-0.2, 0) is 11.9 Å². The summed E-state index contributed by atoms with van der Waals surface area (Å²) in [4.78, 5) is 9.67. The first-order valence-electron chi connectivity index (χ1n) is 8.57. The second kappa shape index (κ2) is 7.46. The van der Waals surface area contributed by atoms with Gasteiger partial charge >= 0.3 is 6.36 Å². The molecule has 0 amide bonds. The minimum atomic E-state index is -4.73. The number of ether oxygens (including phenoxy) is 2. The molecule has 3 aromatic rings. The Kier molecular flexibility index (Phi) is 4.83. The van der Waals surface area contributed by atoms with Crippen LogP contribution in [0.15, 0.2) is 60.1 Å². The first-order chi connectivity index (χ1) is 13.9. The zero-order valence-corrected chi connectivity index (χ0v) is 15.1. The topological polar surface area (TPSA) is 70.8 Å². The van der Waals surface area contributed by atoms with Crippen LogP contribution < -0.4 is 9.47 Å². The fourth-order valence-electron chi connectivity index (χ4n) is 2.78. The fraction of sp³-hybridized carbons (Fsp3) is 0.211. The molecule has 2 aromatic heterocycles. The van der Waals surface area contributed by atoms with Crippen molar-refractivity contribution >= 4 is 5.90 Å². The van der Waals surface area contributed by atoms with Crippen LogP contribution in [0.5, 0.6) is 11.5 Å². The molecule has 0 spiro atoms. The number of nitrogens with zero attached hydrogens (tertiary/aromatic N) is 4. The van der Waals surface area contributed by atoms with Crippen molar-refractivity contribution in [3.63, 3.8) is 0 Å². The fourth-order valence-corrected chi connectivity index (χ4v) is 2.78. The lowest BCUT2D eigenvalue weighted by Crippen LogP contribution is -2.17. The van der Waals surface area contributed by atoms with Gasteiger partial charge in [-0.15, -0.1) is 13.2 Å². The third kappa shape index (κ3) is 4.65. The van der Waals surface area contributed by atoms with E-state index in [0.717, 1.165) is 11.3 Å². The number of oxime groups is 1. The number of hydrogen-bond donors (Lipinski definition) is 0. The molecule has 1 atom stereocenters. The van der Waals surface area contributed by atoms with Crippen molar-refractivity contribution in [1.82, 2.24) is 14.8 Å². The maximum atomic E-state index is 12.2. The smallest absolute Gasteiger partial charge is 0.438 e. The van der Waals surface area contributed by atoms with Crippen LogP contribution in [0.25, 0.3) is 11.3 Å². The summed E-state index contributed by atoms with van der Waals surface area (Å²) in [5.41, 5.74) is 2.31. The van der Waals surface area contributed by atoms with Crippen LogP contribution in [0, 0.1) is 0 Å². The number of aromatic nitrogens is 3. The Bertz CT molecular complexity index is 1010. The summed E-state index contributed by atoms with van der Waals surface area (Å²) in [5.74, 6) is 0.549. The number of rotatable bonds is 4. The van der Waals surface area contributed by atoms with Crippen LogP contribution in [0.2, 0.25) is 0 Å². The standard InChI is InChI=1S/C19H15F3N4O3/c1-26-11-13(9-24-26)16-7-6-15(10-23-16)27-18-8-17(29-25-18)12-2-4-14(5-3-12)28-19(20,21)22/h2-7,9-11,17H,8H2,1H3/t17-/m1/s1. The highest BCUT2D eigenvalue weighted by atomic mass is 19.4. The SMILES string of the molecule is Cn1cc(-c2ccc(OC3=NO[C@@H](c4ccc(OC(F)(F)F)cc4)C3)cn2)cn1. The maximum absolute atomic E-state index is 12.2. The van der Waals surface area contributed by atoms with Crippen molar-refractivity contribution in [2.45, 2.75) is 18.9 Å². The minimum Gasteiger partial charge on any atom is -0.438 e. The van der Waals surface area contributed by atoms with Crippen LogP contribution in [0.3, 0.4) is 0 Å². The first kappa shape index (κ1) is 18.8. The molecule has 4 rings (SSSR count). The Balaban J connectivity index is 1.35. The van der Waals surface area contributed by atoms with Crippen molar-refractivity contribution < 1.29 is 27.5 Å². The molecule has 1 aromatic carbocycles. The average Bonchev–Trinajstić information content (AvgIpc) is 3.31. The molecular weight excluding hydrogens is 389 g/mol. The van der Waals surface area contributed by atoms with E-state index in [4.69, 9.17) is 9.57 Å². The molecule has 10 heteroatoms. The van der Waals surface area contributed by atoms with Crippen molar-refractivity contribution in [1.29, 1.82) is 0 Å². The summed E-state index contributed by atoms with van der Waals surface area (Å²) in [6, 6.07) is 9.01.